The maximum atomic E-state index is 5.58. The molecule has 0 bridgehead atoms. The zero-order chi connectivity index (χ0) is 10.6. The lowest BCUT2D eigenvalue weighted by atomic mass is 10.2. The van der Waals surface area contributed by atoms with Crippen LogP contribution in [-0.4, -0.2) is 10.7 Å². The van der Waals surface area contributed by atoms with Crippen LogP contribution in [0.15, 0.2) is 15.8 Å². The topological polar surface area (TPSA) is 26.0 Å². The van der Waals surface area contributed by atoms with Crippen LogP contribution in [-0.2, 0) is 0 Å². The highest BCUT2D eigenvalue weighted by molar-refractivity contribution is 7.99. The standard InChI is InChI=1S/C11H19NOS/c1-8(2)5-6-14-11-12-7-10(13-11)9(3)4/h7-9H,5-6H2,1-4H3. The average molecular weight is 213 g/mol. The zero-order valence-electron chi connectivity index (χ0n) is 9.41. The quantitative estimate of drug-likeness (QED) is 0.693. The van der Waals surface area contributed by atoms with Gasteiger partial charge in [-0.15, -0.1) is 0 Å². The van der Waals surface area contributed by atoms with Gasteiger partial charge in [-0.25, -0.2) is 4.98 Å². The summed E-state index contributed by atoms with van der Waals surface area (Å²) in [5.41, 5.74) is 0. The maximum absolute atomic E-state index is 5.58. The number of aromatic nitrogens is 1. The first kappa shape index (κ1) is 11.6. The van der Waals surface area contributed by atoms with Crippen LogP contribution in [0.3, 0.4) is 0 Å². The summed E-state index contributed by atoms with van der Waals surface area (Å²) in [4.78, 5) is 4.23. The Morgan fingerprint density at radius 2 is 2.07 bits per heavy atom. The number of oxazole rings is 1. The van der Waals surface area contributed by atoms with E-state index in [1.54, 1.807) is 11.8 Å². The van der Waals surface area contributed by atoms with Gasteiger partial charge in [0.05, 0.1) is 6.20 Å². The monoisotopic (exact) mass is 213 g/mol. The van der Waals surface area contributed by atoms with Crippen LogP contribution in [0.5, 0.6) is 0 Å². The highest BCUT2D eigenvalue weighted by Gasteiger charge is 2.07. The molecule has 2 nitrogen and oxygen atoms in total. The molecule has 0 aliphatic rings. The van der Waals surface area contributed by atoms with Gasteiger partial charge in [0.1, 0.15) is 5.76 Å². The average Bonchev–Trinajstić information content (AvgIpc) is 2.52. The summed E-state index contributed by atoms with van der Waals surface area (Å²) in [6, 6.07) is 0. The van der Waals surface area contributed by atoms with Crippen molar-refractivity contribution in [3.05, 3.63) is 12.0 Å². The third kappa shape index (κ3) is 3.74. The molecule has 0 saturated heterocycles. The Morgan fingerprint density at radius 1 is 1.36 bits per heavy atom. The molecule has 1 aromatic rings. The Kier molecular flexibility index (Phi) is 4.52. The van der Waals surface area contributed by atoms with Crippen molar-refractivity contribution < 1.29 is 4.42 Å². The fraction of sp³-hybridized carbons (Fsp3) is 0.727. The minimum absolute atomic E-state index is 0.432. The van der Waals surface area contributed by atoms with E-state index in [-0.39, 0.29) is 0 Å². The minimum atomic E-state index is 0.432. The molecule has 0 N–H and O–H groups in total. The summed E-state index contributed by atoms with van der Waals surface area (Å²) in [6.07, 6.45) is 3.05. The van der Waals surface area contributed by atoms with Gasteiger partial charge in [-0.1, -0.05) is 39.5 Å². The number of thioether (sulfide) groups is 1. The van der Waals surface area contributed by atoms with E-state index in [4.69, 9.17) is 4.42 Å². The third-order valence-electron chi connectivity index (χ3n) is 1.99. The second kappa shape index (κ2) is 5.44. The molecular weight excluding hydrogens is 194 g/mol. The Hall–Kier alpha value is -0.440. The van der Waals surface area contributed by atoms with Gasteiger partial charge in [-0.2, -0.15) is 0 Å². The van der Waals surface area contributed by atoms with Crippen molar-refractivity contribution in [1.82, 2.24) is 4.98 Å². The normalized spacial score (nSPS) is 11.6. The van der Waals surface area contributed by atoms with Crippen molar-refractivity contribution in [1.29, 1.82) is 0 Å². The number of nitrogens with zero attached hydrogens (tertiary/aromatic N) is 1. The Labute approximate surface area is 90.5 Å². The summed E-state index contributed by atoms with van der Waals surface area (Å²) < 4.78 is 5.58. The summed E-state index contributed by atoms with van der Waals surface area (Å²) in [5, 5.41) is 0.814. The first-order valence-corrected chi connectivity index (χ1v) is 6.16. The summed E-state index contributed by atoms with van der Waals surface area (Å²) in [7, 11) is 0. The van der Waals surface area contributed by atoms with E-state index in [9.17, 15) is 0 Å². The van der Waals surface area contributed by atoms with Gasteiger partial charge in [-0.3, -0.25) is 0 Å². The van der Waals surface area contributed by atoms with E-state index in [0.29, 0.717) is 5.92 Å². The largest absolute Gasteiger partial charge is 0.436 e. The number of hydrogen-bond acceptors (Lipinski definition) is 3. The first-order valence-electron chi connectivity index (χ1n) is 5.18. The van der Waals surface area contributed by atoms with Crippen molar-refractivity contribution in [2.45, 2.75) is 45.3 Å². The van der Waals surface area contributed by atoms with E-state index in [0.717, 1.165) is 22.7 Å². The van der Waals surface area contributed by atoms with Gasteiger partial charge in [-0.05, 0) is 12.3 Å². The summed E-state index contributed by atoms with van der Waals surface area (Å²) in [6.45, 7) is 8.69. The molecule has 0 saturated carbocycles. The molecule has 0 unspecified atom stereocenters. The molecular formula is C11H19NOS. The van der Waals surface area contributed by atoms with Crippen LogP contribution in [0.2, 0.25) is 0 Å². The molecule has 0 atom stereocenters. The van der Waals surface area contributed by atoms with Crippen molar-refractivity contribution in [2.24, 2.45) is 5.92 Å². The molecule has 0 aliphatic heterocycles. The second-order valence-electron chi connectivity index (χ2n) is 4.21. The van der Waals surface area contributed by atoms with E-state index in [1.165, 1.54) is 6.42 Å². The van der Waals surface area contributed by atoms with Crippen molar-refractivity contribution >= 4 is 11.8 Å². The molecule has 0 aromatic carbocycles. The predicted molar refractivity (Wildman–Crippen MR) is 60.8 cm³/mol. The van der Waals surface area contributed by atoms with E-state index in [2.05, 4.69) is 32.7 Å². The predicted octanol–water partition coefficient (Wildman–Crippen LogP) is 3.94. The molecule has 0 fully saturated rings. The van der Waals surface area contributed by atoms with Crippen molar-refractivity contribution in [2.75, 3.05) is 5.75 Å². The fourth-order valence-electron chi connectivity index (χ4n) is 0.985. The minimum Gasteiger partial charge on any atom is -0.436 e. The Morgan fingerprint density at radius 3 is 2.57 bits per heavy atom. The molecule has 0 aliphatic carbocycles. The number of rotatable bonds is 5. The Bertz CT molecular complexity index is 268. The summed E-state index contributed by atoms with van der Waals surface area (Å²) in [5.74, 6) is 3.26. The number of hydrogen-bond donors (Lipinski definition) is 0. The van der Waals surface area contributed by atoms with Gasteiger partial charge in [0, 0.05) is 11.7 Å². The van der Waals surface area contributed by atoms with Crippen LogP contribution in [0, 0.1) is 5.92 Å². The van der Waals surface area contributed by atoms with Gasteiger partial charge < -0.3 is 4.42 Å². The third-order valence-corrected chi connectivity index (χ3v) is 2.87. The zero-order valence-corrected chi connectivity index (χ0v) is 10.2. The van der Waals surface area contributed by atoms with Crippen LogP contribution >= 0.6 is 11.8 Å². The molecule has 0 radical (unpaired) electrons. The summed E-state index contributed by atoms with van der Waals surface area (Å²) >= 11 is 1.71. The van der Waals surface area contributed by atoms with Crippen LogP contribution in [0.1, 0.15) is 45.8 Å². The lowest BCUT2D eigenvalue weighted by Crippen LogP contribution is -1.89. The van der Waals surface area contributed by atoms with Gasteiger partial charge in [0.25, 0.3) is 5.22 Å². The molecule has 0 spiro atoms. The highest BCUT2D eigenvalue weighted by Crippen LogP contribution is 2.23. The molecule has 1 aromatic heterocycles. The lowest BCUT2D eigenvalue weighted by Gasteiger charge is -2.01. The SMILES string of the molecule is CC(C)CCSc1ncc(C(C)C)o1. The first-order chi connectivity index (χ1) is 6.59. The van der Waals surface area contributed by atoms with Crippen molar-refractivity contribution in [3.63, 3.8) is 0 Å². The van der Waals surface area contributed by atoms with E-state index in [1.807, 2.05) is 6.20 Å². The molecule has 0 amide bonds. The second-order valence-corrected chi connectivity index (χ2v) is 5.26. The lowest BCUT2D eigenvalue weighted by molar-refractivity contribution is 0.402. The smallest absolute Gasteiger partial charge is 0.255 e. The maximum Gasteiger partial charge on any atom is 0.255 e. The molecule has 1 rings (SSSR count). The van der Waals surface area contributed by atoms with Gasteiger partial charge >= 0.3 is 0 Å². The van der Waals surface area contributed by atoms with Gasteiger partial charge in [0.2, 0.25) is 0 Å². The van der Waals surface area contributed by atoms with Crippen LogP contribution in [0.25, 0.3) is 0 Å². The van der Waals surface area contributed by atoms with E-state index < -0.39 is 0 Å². The van der Waals surface area contributed by atoms with Gasteiger partial charge in [0.15, 0.2) is 0 Å². The molecule has 1 heterocycles. The molecule has 3 heteroatoms. The highest BCUT2D eigenvalue weighted by atomic mass is 32.2. The molecule has 80 valence electrons. The van der Waals surface area contributed by atoms with Crippen LogP contribution in [0.4, 0.5) is 0 Å². The Balaban J connectivity index is 2.36. The fourth-order valence-corrected chi connectivity index (χ4v) is 2.03. The van der Waals surface area contributed by atoms with Crippen LogP contribution < -0.4 is 0 Å². The van der Waals surface area contributed by atoms with Crippen molar-refractivity contribution in [3.8, 4) is 0 Å². The van der Waals surface area contributed by atoms with E-state index >= 15 is 0 Å². The molecule has 14 heavy (non-hydrogen) atoms.